The molecule has 2 aromatic rings. The van der Waals surface area contributed by atoms with Crippen LogP contribution in [0, 0.1) is 6.92 Å². The largest absolute Gasteiger partial charge is 0.493 e. The maximum absolute atomic E-state index is 12.6. The summed E-state index contributed by atoms with van der Waals surface area (Å²) in [7, 11) is 1.55. The van der Waals surface area contributed by atoms with Crippen LogP contribution in [0.15, 0.2) is 36.4 Å². The molecule has 0 aromatic heterocycles. The highest BCUT2D eigenvalue weighted by Gasteiger charge is 2.14. The second-order valence-corrected chi connectivity index (χ2v) is 5.64. The molecule has 2 rings (SSSR count). The monoisotopic (exact) mass is 356 g/mol. The van der Waals surface area contributed by atoms with Crippen LogP contribution in [0.1, 0.15) is 40.1 Å². The van der Waals surface area contributed by atoms with E-state index in [2.05, 4.69) is 10.6 Å². The first-order chi connectivity index (χ1) is 12.5. The molecule has 0 saturated carbocycles. The first-order valence-corrected chi connectivity index (χ1v) is 8.51. The fourth-order valence-electron chi connectivity index (χ4n) is 2.44. The van der Waals surface area contributed by atoms with Gasteiger partial charge in [-0.05, 0) is 56.7 Å². The fourth-order valence-corrected chi connectivity index (χ4v) is 2.44. The molecular formula is C20H24N2O4. The molecule has 2 aromatic carbocycles. The van der Waals surface area contributed by atoms with Crippen LogP contribution in [0.5, 0.6) is 11.5 Å². The smallest absolute Gasteiger partial charge is 0.255 e. The third-order valence-electron chi connectivity index (χ3n) is 3.81. The number of methoxy groups -OCH3 is 1. The molecule has 26 heavy (non-hydrogen) atoms. The van der Waals surface area contributed by atoms with Crippen molar-refractivity contribution in [3.05, 3.63) is 53.1 Å². The normalized spacial score (nSPS) is 10.2. The summed E-state index contributed by atoms with van der Waals surface area (Å²) in [5.74, 6) is 0.615. The highest BCUT2D eigenvalue weighted by atomic mass is 16.5. The zero-order valence-electron chi connectivity index (χ0n) is 15.5. The molecule has 138 valence electrons. The standard InChI is InChI=1S/C20H24N2O4/c1-5-21-19(23)14-8-7-13(3)16(11-14)22-20(24)15-9-10-17(25-4)18(12-15)26-6-2/h7-12H,5-6H2,1-4H3,(H,21,23)(H,22,24). The molecule has 2 amide bonds. The van der Waals surface area contributed by atoms with E-state index in [1.165, 1.54) is 0 Å². The van der Waals surface area contributed by atoms with Crippen LogP contribution >= 0.6 is 0 Å². The Labute approximate surface area is 153 Å². The second-order valence-electron chi connectivity index (χ2n) is 5.64. The zero-order chi connectivity index (χ0) is 19.1. The number of anilines is 1. The average molecular weight is 356 g/mol. The first-order valence-electron chi connectivity index (χ1n) is 8.51. The molecule has 6 nitrogen and oxygen atoms in total. The van der Waals surface area contributed by atoms with Crippen molar-refractivity contribution in [3.63, 3.8) is 0 Å². The predicted octanol–water partition coefficient (Wildman–Crippen LogP) is 3.40. The molecule has 0 aliphatic carbocycles. The van der Waals surface area contributed by atoms with Crippen LogP contribution in [-0.4, -0.2) is 32.1 Å². The summed E-state index contributed by atoms with van der Waals surface area (Å²) in [6.07, 6.45) is 0. The molecule has 0 fully saturated rings. The number of hydrogen-bond donors (Lipinski definition) is 2. The van der Waals surface area contributed by atoms with Gasteiger partial charge in [-0.1, -0.05) is 6.07 Å². The summed E-state index contributed by atoms with van der Waals surface area (Å²) >= 11 is 0. The van der Waals surface area contributed by atoms with Gasteiger partial charge in [-0.3, -0.25) is 9.59 Å². The molecule has 0 unspecified atom stereocenters. The van der Waals surface area contributed by atoms with Crippen LogP contribution in [0.2, 0.25) is 0 Å². The average Bonchev–Trinajstić information content (AvgIpc) is 2.63. The number of ether oxygens (including phenoxy) is 2. The number of hydrogen-bond acceptors (Lipinski definition) is 4. The van der Waals surface area contributed by atoms with Gasteiger partial charge in [-0.15, -0.1) is 0 Å². The molecule has 0 saturated heterocycles. The molecule has 0 spiro atoms. The van der Waals surface area contributed by atoms with Gasteiger partial charge >= 0.3 is 0 Å². The number of rotatable bonds is 7. The summed E-state index contributed by atoms with van der Waals surface area (Å²) < 4.78 is 10.7. The Morgan fingerprint density at radius 3 is 2.31 bits per heavy atom. The van der Waals surface area contributed by atoms with Gasteiger partial charge < -0.3 is 20.1 Å². The topological polar surface area (TPSA) is 76.7 Å². The quantitative estimate of drug-likeness (QED) is 0.797. The van der Waals surface area contributed by atoms with Crippen molar-refractivity contribution in [1.29, 1.82) is 0 Å². The van der Waals surface area contributed by atoms with Gasteiger partial charge in [0.15, 0.2) is 11.5 Å². The minimum absolute atomic E-state index is 0.175. The molecule has 0 atom stereocenters. The van der Waals surface area contributed by atoms with E-state index in [-0.39, 0.29) is 11.8 Å². The lowest BCUT2D eigenvalue weighted by Crippen LogP contribution is -2.23. The maximum Gasteiger partial charge on any atom is 0.255 e. The van der Waals surface area contributed by atoms with E-state index >= 15 is 0 Å². The van der Waals surface area contributed by atoms with Gasteiger partial charge in [0.1, 0.15) is 0 Å². The van der Waals surface area contributed by atoms with Crippen molar-refractivity contribution in [2.75, 3.05) is 25.6 Å². The van der Waals surface area contributed by atoms with Gasteiger partial charge in [-0.2, -0.15) is 0 Å². The van der Waals surface area contributed by atoms with Gasteiger partial charge in [0.05, 0.1) is 13.7 Å². The number of carbonyl (C=O) groups excluding carboxylic acids is 2. The number of aryl methyl sites for hydroxylation is 1. The Bertz CT molecular complexity index is 802. The van der Waals surface area contributed by atoms with E-state index in [0.717, 1.165) is 5.56 Å². The van der Waals surface area contributed by atoms with Gasteiger partial charge in [0, 0.05) is 23.4 Å². The van der Waals surface area contributed by atoms with Crippen molar-refractivity contribution in [2.45, 2.75) is 20.8 Å². The first kappa shape index (κ1) is 19.3. The van der Waals surface area contributed by atoms with Gasteiger partial charge in [-0.25, -0.2) is 0 Å². The van der Waals surface area contributed by atoms with E-state index < -0.39 is 0 Å². The predicted molar refractivity (Wildman–Crippen MR) is 101 cm³/mol. The molecule has 2 N–H and O–H groups in total. The fraction of sp³-hybridized carbons (Fsp3) is 0.300. The summed E-state index contributed by atoms with van der Waals surface area (Å²) in [5.41, 5.74) is 2.40. The van der Waals surface area contributed by atoms with Crippen LogP contribution < -0.4 is 20.1 Å². The zero-order valence-corrected chi connectivity index (χ0v) is 15.5. The summed E-state index contributed by atoms with van der Waals surface area (Å²) in [5, 5.41) is 5.60. The van der Waals surface area contributed by atoms with Crippen LogP contribution in [0.3, 0.4) is 0 Å². The van der Waals surface area contributed by atoms with E-state index in [1.54, 1.807) is 43.5 Å². The molecule has 0 aliphatic rings. The molecule has 0 radical (unpaired) electrons. The Hall–Kier alpha value is -3.02. The summed E-state index contributed by atoms with van der Waals surface area (Å²) in [4.78, 5) is 24.6. The van der Waals surface area contributed by atoms with E-state index in [0.29, 0.717) is 41.5 Å². The molecule has 0 heterocycles. The third-order valence-corrected chi connectivity index (χ3v) is 3.81. The van der Waals surface area contributed by atoms with Crippen molar-refractivity contribution in [2.24, 2.45) is 0 Å². The van der Waals surface area contributed by atoms with Crippen LogP contribution in [-0.2, 0) is 0 Å². The molecule has 0 aliphatic heterocycles. The summed E-state index contributed by atoms with van der Waals surface area (Å²) in [6, 6.07) is 10.2. The van der Waals surface area contributed by atoms with Crippen LogP contribution in [0.4, 0.5) is 5.69 Å². The lowest BCUT2D eigenvalue weighted by Gasteiger charge is -2.13. The van der Waals surface area contributed by atoms with Gasteiger partial charge in [0.2, 0.25) is 0 Å². The SMILES string of the molecule is CCNC(=O)c1ccc(C)c(NC(=O)c2ccc(OC)c(OCC)c2)c1. The van der Waals surface area contributed by atoms with E-state index in [9.17, 15) is 9.59 Å². The lowest BCUT2D eigenvalue weighted by molar-refractivity contribution is 0.0954. The number of nitrogens with one attached hydrogen (secondary N) is 2. The lowest BCUT2D eigenvalue weighted by atomic mass is 10.1. The van der Waals surface area contributed by atoms with Crippen molar-refractivity contribution < 1.29 is 19.1 Å². The molecule has 0 bridgehead atoms. The van der Waals surface area contributed by atoms with Crippen molar-refractivity contribution in [1.82, 2.24) is 5.32 Å². The van der Waals surface area contributed by atoms with Crippen molar-refractivity contribution in [3.8, 4) is 11.5 Å². The Morgan fingerprint density at radius 2 is 1.65 bits per heavy atom. The van der Waals surface area contributed by atoms with Crippen molar-refractivity contribution >= 4 is 17.5 Å². The number of amides is 2. The Kier molecular flexibility index (Phi) is 6.60. The minimum Gasteiger partial charge on any atom is -0.493 e. The minimum atomic E-state index is -0.287. The highest BCUT2D eigenvalue weighted by Crippen LogP contribution is 2.28. The maximum atomic E-state index is 12.6. The van der Waals surface area contributed by atoms with Crippen LogP contribution in [0.25, 0.3) is 0 Å². The summed E-state index contributed by atoms with van der Waals surface area (Å²) in [6.45, 7) is 6.60. The Balaban J connectivity index is 2.25. The molecule has 6 heteroatoms. The van der Waals surface area contributed by atoms with E-state index in [4.69, 9.17) is 9.47 Å². The second kappa shape index (κ2) is 8.89. The molecular weight excluding hydrogens is 332 g/mol. The third kappa shape index (κ3) is 4.53. The number of carbonyl (C=O) groups is 2. The highest BCUT2D eigenvalue weighted by molar-refractivity contribution is 6.06. The number of benzene rings is 2. The van der Waals surface area contributed by atoms with Gasteiger partial charge in [0.25, 0.3) is 11.8 Å². The van der Waals surface area contributed by atoms with E-state index in [1.807, 2.05) is 20.8 Å². The Morgan fingerprint density at radius 1 is 0.962 bits per heavy atom.